The van der Waals surface area contributed by atoms with Crippen LogP contribution in [0.1, 0.15) is 15.4 Å². The average molecular weight is 379 g/mol. The lowest BCUT2D eigenvalue weighted by atomic mass is 10.1. The number of Topliss-reactive ketones (excluding diaryl/α,β-unsaturated/α-hetero) is 1. The highest BCUT2D eigenvalue weighted by Gasteiger charge is 2.32. The molecule has 0 fully saturated rings. The smallest absolute Gasteiger partial charge is 0.404 e. The number of ether oxygens (including phenoxy) is 1. The maximum atomic E-state index is 12.3. The van der Waals surface area contributed by atoms with Gasteiger partial charge >= 0.3 is 6.36 Å². The standard InChI is InChI=1S/C17H12F3N3O2S/c18-17(19,20)25-14-7-6-11(8-12(14)21)13(24)9-15-22-23-16(26-15)10-4-2-1-3-5-10/h1-8H,9,21H2. The van der Waals surface area contributed by atoms with Crippen LogP contribution in [0.5, 0.6) is 5.75 Å². The van der Waals surface area contributed by atoms with Crippen molar-refractivity contribution in [2.75, 3.05) is 5.73 Å². The van der Waals surface area contributed by atoms with Crippen LogP contribution in [0.3, 0.4) is 0 Å². The summed E-state index contributed by atoms with van der Waals surface area (Å²) in [5.74, 6) is -0.873. The van der Waals surface area contributed by atoms with E-state index in [2.05, 4.69) is 14.9 Å². The fourth-order valence-electron chi connectivity index (χ4n) is 2.20. The fraction of sp³-hybridized carbons (Fsp3) is 0.118. The molecule has 26 heavy (non-hydrogen) atoms. The Morgan fingerprint density at radius 3 is 2.50 bits per heavy atom. The lowest BCUT2D eigenvalue weighted by Crippen LogP contribution is -2.18. The van der Waals surface area contributed by atoms with E-state index in [-0.39, 0.29) is 23.5 Å². The van der Waals surface area contributed by atoms with Crippen molar-refractivity contribution in [1.82, 2.24) is 10.2 Å². The molecule has 0 saturated heterocycles. The summed E-state index contributed by atoms with van der Waals surface area (Å²) in [7, 11) is 0. The van der Waals surface area contributed by atoms with Crippen molar-refractivity contribution in [1.29, 1.82) is 0 Å². The number of halogens is 3. The number of nitrogens with zero attached hydrogens (tertiary/aromatic N) is 2. The van der Waals surface area contributed by atoms with Crippen LogP contribution >= 0.6 is 11.3 Å². The first-order valence-electron chi connectivity index (χ1n) is 7.38. The van der Waals surface area contributed by atoms with Crippen LogP contribution in [-0.2, 0) is 6.42 Å². The summed E-state index contributed by atoms with van der Waals surface area (Å²) in [6.07, 6.45) is -4.87. The van der Waals surface area contributed by atoms with Crippen LogP contribution in [0.2, 0.25) is 0 Å². The van der Waals surface area contributed by atoms with Crippen molar-refractivity contribution in [3.63, 3.8) is 0 Å². The highest BCUT2D eigenvalue weighted by Crippen LogP contribution is 2.30. The number of alkyl halides is 3. The molecule has 9 heteroatoms. The predicted molar refractivity (Wildman–Crippen MR) is 90.9 cm³/mol. The molecule has 3 aromatic rings. The molecule has 0 aliphatic rings. The van der Waals surface area contributed by atoms with Crippen LogP contribution in [0.25, 0.3) is 10.6 Å². The lowest BCUT2D eigenvalue weighted by Gasteiger charge is -2.11. The minimum absolute atomic E-state index is 0.0244. The van der Waals surface area contributed by atoms with Crippen molar-refractivity contribution in [2.24, 2.45) is 0 Å². The van der Waals surface area contributed by atoms with Gasteiger partial charge in [0.1, 0.15) is 10.0 Å². The highest BCUT2D eigenvalue weighted by atomic mass is 32.1. The summed E-state index contributed by atoms with van der Waals surface area (Å²) in [6.45, 7) is 0. The number of nitrogen functional groups attached to an aromatic ring is 1. The maximum absolute atomic E-state index is 12.3. The van der Waals surface area contributed by atoms with Gasteiger partial charge in [-0.15, -0.1) is 23.4 Å². The average Bonchev–Trinajstić information content (AvgIpc) is 3.05. The summed E-state index contributed by atoms with van der Waals surface area (Å²) in [5.41, 5.74) is 6.33. The van der Waals surface area contributed by atoms with E-state index in [4.69, 9.17) is 5.73 Å². The molecule has 3 rings (SSSR count). The topological polar surface area (TPSA) is 78.1 Å². The number of carbonyl (C=O) groups excluding carboxylic acids is 1. The summed E-state index contributed by atoms with van der Waals surface area (Å²) < 4.78 is 40.5. The number of aromatic nitrogens is 2. The van der Waals surface area contributed by atoms with E-state index in [1.54, 1.807) is 0 Å². The van der Waals surface area contributed by atoms with Gasteiger partial charge in [-0.1, -0.05) is 41.7 Å². The molecule has 0 radical (unpaired) electrons. The Hall–Kier alpha value is -2.94. The molecular formula is C17H12F3N3O2S. The van der Waals surface area contributed by atoms with Gasteiger partial charge in [0, 0.05) is 11.1 Å². The Balaban J connectivity index is 1.72. The van der Waals surface area contributed by atoms with Crippen molar-refractivity contribution < 1.29 is 22.7 Å². The molecule has 0 aliphatic carbocycles. The van der Waals surface area contributed by atoms with Crippen molar-refractivity contribution in [3.8, 4) is 16.3 Å². The van der Waals surface area contributed by atoms with Gasteiger partial charge in [-0.25, -0.2) is 0 Å². The lowest BCUT2D eigenvalue weighted by molar-refractivity contribution is -0.274. The van der Waals surface area contributed by atoms with Gasteiger partial charge in [-0.2, -0.15) is 0 Å². The number of rotatable bonds is 5. The third-order valence-electron chi connectivity index (χ3n) is 3.36. The van der Waals surface area contributed by atoms with Crippen LogP contribution in [0.4, 0.5) is 18.9 Å². The molecule has 2 N–H and O–H groups in total. The normalized spacial score (nSPS) is 11.3. The van der Waals surface area contributed by atoms with Gasteiger partial charge in [0.2, 0.25) is 0 Å². The van der Waals surface area contributed by atoms with E-state index in [0.717, 1.165) is 17.7 Å². The Morgan fingerprint density at radius 1 is 1.12 bits per heavy atom. The zero-order chi connectivity index (χ0) is 18.7. The van der Waals surface area contributed by atoms with E-state index in [1.807, 2.05) is 30.3 Å². The first-order valence-corrected chi connectivity index (χ1v) is 8.20. The molecule has 134 valence electrons. The minimum Gasteiger partial charge on any atom is -0.404 e. The summed E-state index contributed by atoms with van der Waals surface area (Å²) in [5, 5.41) is 9.23. The van der Waals surface area contributed by atoms with Crippen molar-refractivity contribution in [2.45, 2.75) is 12.8 Å². The summed E-state index contributed by atoms with van der Waals surface area (Å²) in [6, 6.07) is 12.8. The van der Waals surface area contributed by atoms with Gasteiger partial charge in [-0.05, 0) is 18.2 Å². The van der Waals surface area contributed by atoms with Gasteiger partial charge < -0.3 is 10.5 Å². The Morgan fingerprint density at radius 2 is 1.85 bits per heavy atom. The van der Waals surface area contributed by atoms with Gasteiger partial charge in [0.25, 0.3) is 0 Å². The van der Waals surface area contributed by atoms with Gasteiger partial charge in [-0.3, -0.25) is 4.79 Å². The molecule has 0 saturated carbocycles. The molecule has 0 atom stereocenters. The second-order valence-corrected chi connectivity index (χ2v) is 6.33. The largest absolute Gasteiger partial charge is 0.573 e. The zero-order valence-electron chi connectivity index (χ0n) is 13.2. The molecule has 1 aromatic heterocycles. The first kappa shape index (κ1) is 17.9. The quantitative estimate of drug-likeness (QED) is 0.533. The van der Waals surface area contributed by atoms with Gasteiger partial charge in [0.05, 0.1) is 12.1 Å². The van der Waals surface area contributed by atoms with Crippen molar-refractivity contribution >= 4 is 22.8 Å². The van der Waals surface area contributed by atoms with E-state index in [0.29, 0.717) is 10.0 Å². The van der Waals surface area contributed by atoms with E-state index >= 15 is 0 Å². The minimum atomic E-state index is -4.85. The molecule has 2 aromatic carbocycles. The molecule has 5 nitrogen and oxygen atoms in total. The zero-order valence-corrected chi connectivity index (χ0v) is 14.0. The first-order chi connectivity index (χ1) is 12.3. The number of hydrogen-bond donors (Lipinski definition) is 1. The molecule has 0 unspecified atom stereocenters. The Labute approximate surface area is 150 Å². The number of nitrogens with two attached hydrogens (primary N) is 1. The summed E-state index contributed by atoms with van der Waals surface area (Å²) >= 11 is 1.28. The van der Waals surface area contributed by atoms with E-state index < -0.39 is 12.1 Å². The van der Waals surface area contributed by atoms with Crippen molar-refractivity contribution in [3.05, 3.63) is 59.1 Å². The summed E-state index contributed by atoms with van der Waals surface area (Å²) in [4.78, 5) is 12.3. The number of carbonyl (C=O) groups is 1. The SMILES string of the molecule is Nc1cc(C(=O)Cc2nnc(-c3ccccc3)s2)ccc1OC(F)(F)F. The highest BCUT2D eigenvalue weighted by molar-refractivity contribution is 7.14. The van der Waals surface area contributed by atoms with E-state index in [9.17, 15) is 18.0 Å². The Bertz CT molecular complexity index is 927. The second-order valence-electron chi connectivity index (χ2n) is 5.27. The van der Waals surface area contributed by atoms with Crippen LogP contribution in [-0.4, -0.2) is 22.3 Å². The Kier molecular flexibility index (Phi) is 4.90. The molecule has 0 amide bonds. The molecule has 1 heterocycles. The number of benzene rings is 2. The number of ketones is 1. The molecule has 0 bridgehead atoms. The maximum Gasteiger partial charge on any atom is 0.573 e. The molecule has 0 spiro atoms. The van der Waals surface area contributed by atoms with Crippen LogP contribution < -0.4 is 10.5 Å². The third kappa shape index (κ3) is 4.37. The van der Waals surface area contributed by atoms with E-state index in [1.165, 1.54) is 17.4 Å². The number of hydrogen-bond acceptors (Lipinski definition) is 6. The third-order valence-corrected chi connectivity index (χ3v) is 4.33. The fourth-order valence-corrected chi connectivity index (χ4v) is 3.05. The molecule has 0 aliphatic heterocycles. The monoisotopic (exact) mass is 379 g/mol. The predicted octanol–water partition coefficient (Wildman–Crippen LogP) is 4.11. The van der Waals surface area contributed by atoms with Crippen LogP contribution in [0.15, 0.2) is 48.5 Å². The number of anilines is 1. The second kappa shape index (κ2) is 7.12. The van der Waals surface area contributed by atoms with Crippen LogP contribution in [0, 0.1) is 0 Å². The van der Waals surface area contributed by atoms with Gasteiger partial charge in [0.15, 0.2) is 11.5 Å². The molecular weight excluding hydrogens is 367 g/mol.